The van der Waals surface area contributed by atoms with Crippen LogP contribution in [0.15, 0.2) is 36.4 Å². The molecule has 19 heavy (non-hydrogen) atoms. The van der Waals surface area contributed by atoms with Crippen molar-refractivity contribution in [2.24, 2.45) is 5.92 Å². The zero-order valence-electron chi connectivity index (χ0n) is 11.5. The molecule has 1 aliphatic carbocycles. The third-order valence-corrected chi connectivity index (χ3v) is 3.88. The zero-order chi connectivity index (χ0) is 13.8. The van der Waals surface area contributed by atoms with E-state index in [0.717, 1.165) is 18.4 Å². The predicted molar refractivity (Wildman–Crippen MR) is 74.1 cm³/mol. The van der Waals surface area contributed by atoms with E-state index in [-0.39, 0.29) is 17.8 Å². The normalized spacial score (nSPS) is 19.4. The lowest BCUT2D eigenvalue weighted by molar-refractivity contribution is -0.132. The highest BCUT2D eigenvalue weighted by Gasteiger charge is 2.21. The summed E-state index contributed by atoms with van der Waals surface area (Å²) in [6.07, 6.45) is 6.99. The minimum atomic E-state index is -0.249. The Bertz CT molecular complexity index is 466. The first-order valence-corrected chi connectivity index (χ1v) is 6.75. The fourth-order valence-corrected chi connectivity index (χ4v) is 2.41. The number of rotatable bonds is 4. The third kappa shape index (κ3) is 3.43. The van der Waals surface area contributed by atoms with Crippen molar-refractivity contribution >= 4 is 5.91 Å². The van der Waals surface area contributed by atoms with Crippen LogP contribution in [-0.4, -0.2) is 17.9 Å². The first kappa shape index (κ1) is 13.8. The molecule has 2 unspecified atom stereocenters. The highest BCUT2D eigenvalue weighted by Crippen LogP contribution is 2.24. The first-order chi connectivity index (χ1) is 9.08. The van der Waals surface area contributed by atoms with Gasteiger partial charge in [0, 0.05) is 13.5 Å². The molecule has 0 saturated carbocycles. The lowest BCUT2D eigenvalue weighted by Gasteiger charge is -2.26. The summed E-state index contributed by atoms with van der Waals surface area (Å²) in [5, 5.41) is 0. The molecule has 0 saturated heterocycles. The quantitative estimate of drug-likeness (QED) is 0.757. The summed E-state index contributed by atoms with van der Waals surface area (Å²) in [6, 6.07) is 6.31. The molecule has 0 N–H and O–H groups in total. The lowest BCUT2D eigenvalue weighted by Crippen LogP contribution is -2.30. The van der Waals surface area contributed by atoms with Gasteiger partial charge in [-0.3, -0.25) is 4.79 Å². The second kappa shape index (κ2) is 6.00. The summed E-state index contributed by atoms with van der Waals surface area (Å²) in [5.74, 6) is 0.282. The number of benzene rings is 1. The maximum Gasteiger partial charge on any atom is 0.223 e. The molecule has 0 fully saturated rings. The molecule has 0 radical (unpaired) electrons. The molecular formula is C16H20FNO. The van der Waals surface area contributed by atoms with Crippen LogP contribution in [0.4, 0.5) is 4.39 Å². The van der Waals surface area contributed by atoms with E-state index >= 15 is 0 Å². The van der Waals surface area contributed by atoms with Gasteiger partial charge < -0.3 is 4.90 Å². The molecule has 0 aromatic heterocycles. The van der Waals surface area contributed by atoms with Crippen molar-refractivity contribution in [3.05, 3.63) is 47.8 Å². The van der Waals surface area contributed by atoms with Gasteiger partial charge in [-0.2, -0.15) is 0 Å². The topological polar surface area (TPSA) is 20.3 Å². The Morgan fingerprint density at radius 1 is 1.42 bits per heavy atom. The second-order valence-corrected chi connectivity index (χ2v) is 5.20. The van der Waals surface area contributed by atoms with Gasteiger partial charge in [-0.05, 0) is 43.4 Å². The number of hydrogen-bond donors (Lipinski definition) is 0. The van der Waals surface area contributed by atoms with E-state index in [2.05, 4.69) is 12.2 Å². The molecule has 102 valence electrons. The predicted octanol–water partition coefficient (Wildman–Crippen LogP) is 3.70. The van der Waals surface area contributed by atoms with Crippen molar-refractivity contribution in [2.75, 3.05) is 7.05 Å². The maximum absolute atomic E-state index is 12.9. The van der Waals surface area contributed by atoms with E-state index in [1.54, 1.807) is 17.0 Å². The Morgan fingerprint density at radius 2 is 2.11 bits per heavy atom. The van der Waals surface area contributed by atoms with Gasteiger partial charge in [0.05, 0.1) is 6.04 Å². The number of halogens is 1. The van der Waals surface area contributed by atoms with Gasteiger partial charge in [-0.15, -0.1) is 0 Å². The van der Waals surface area contributed by atoms with Crippen LogP contribution < -0.4 is 0 Å². The van der Waals surface area contributed by atoms with Gasteiger partial charge in [0.25, 0.3) is 0 Å². The molecule has 0 aliphatic heterocycles. The monoisotopic (exact) mass is 261 g/mol. The van der Waals surface area contributed by atoms with Crippen LogP contribution in [0.2, 0.25) is 0 Å². The molecule has 1 aliphatic rings. The molecule has 1 aromatic rings. The fourth-order valence-electron chi connectivity index (χ4n) is 2.41. The fraction of sp³-hybridized carbons (Fsp3) is 0.438. The van der Waals surface area contributed by atoms with E-state index in [4.69, 9.17) is 0 Å². The first-order valence-electron chi connectivity index (χ1n) is 6.75. The van der Waals surface area contributed by atoms with Crippen LogP contribution >= 0.6 is 0 Å². The number of nitrogens with zero attached hydrogens (tertiary/aromatic N) is 1. The number of hydrogen-bond acceptors (Lipinski definition) is 1. The molecule has 0 heterocycles. The number of allylic oxidation sites excluding steroid dienone is 2. The van der Waals surface area contributed by atoms with Gasteiger partial charge in [-0.25, -0.2) is 4.39 Å². The average molecular weight is 261 g/mol. The van der Waals surface area contributed by atoms with E-state index < -0.39 is 0 Å². The molecular weight excluding hydrogens is 241 g/mol. The summed E-state index contributed by atoms with van der Waals surface area (Å²) >= 11 is 0. The average Bonchev–Trinajstić information content (AvgIpc) is 2.90. The van der Waals surface area contributed by atoms with Crippen molar-refractivity contribution < 1.29 is 9.18 Å². The van der Waals surface area contributed by atoms with Gasteiger partial charge in [0.2, 0.25) is 5.91 Å². The SMILES string of the molecule is CC(c1ccc(F)cc1)N(C)C(=O)CC1C=CCC1. The van der Waals surface area contributed by atoms with Crippen LogP contribution in [0.5, 0.6) is 0 Å². The Morgan fingerprint density at radius 3 is 2.68 bits per heavy atom. The van der Waals surface area contributed by atoms with Crippen molar-refractivity contribution in [1.29, 1.82) is 0 Å². The van der Waals surface area contributed by atoms with Crippen molar-refractivity contribution in [2.45, 2.75) is 32.2 Å². The summed E-state index contributed by atoms with van der Waals surface area (Å²) in [5.41, 5.74) is 0.958. The second-order valence-electron chi connectivity index (χ2n) is 5.20. The molecule has 1 aromatic carbocycles. The van der Waals surface area contributed by atoms with Crippen molar-refractivity contribution in [3.8, 4) is 0 Å². The molecule has 3 heteroatoms. The highest BCUT2D eigenvalue weighted by atomic mass is 19.1. The van der Waals surface area contributed by atoms with Crippen LogP contribution in [-0.2, 0) is 4.79 Å². The third-order valence-electron chi connectivity index (χ3n) is 3.88. The number of carbonyl (C=O) groups excluding carboxylic acids is 1. The van der Waals surface area contributed by atoms with Gasteiger partial charge in [0.15, 0.2) is 0 Å². The van der Waals surface area contributed by atoms with Crippen molar-refractivity contribution in [3.63, 3.8) is 0 Å². The largest absolute Gasteiger partial charge is 0.339 e. The zero-order valence-corrected chi connectivity index (χ0v) is 11.5. The number of carbonyl (C=O) groups is 1. The minimum absolute atomic E-state index is 0.0292. The lowest BCUT2D eigenvalue weighted by atomic mass is 10.0. The van der Waals surface area contributed by atoms with E-state index in [0.29, 0.717) is 12.3 Å². The summed E-state index contributed by atoms with van der Waals surface area (Å²) < 4.78 is 12.9. The molecule has 0 spiro atoms. The van der Waals surface area contributed by atoms with Gasteiger partial charge in [-0.1, -0.05) is 24.3 Å². The van der Waals surface area contributed by atoms with E-state index in [1.807, 2.05) is 14.0 Å². The smallest absolute Gasteiger partial charge is 0.223 e. The molecule has 2 rings (SSSR count). The summed E-state index contributed by atoms with van der Waals surface area (Å²) in [7, 11) is 1.81. The van der Waals surface area contributed by atoms with E-state index in [9.17, 15) is 9.18 Å². The summed E-state index contributed by atoms with van der Waals surface area (Å²) in [6.45, 7) is 1.97. The standard InChI is InChI=1S/C16H20FNO/c1-12(14-7-9-15(17)10-8-14)18(2)16(19)11-13-5-3-4-6-13/h3,5,7-10,12-13H,4,6,11H2,1-2H3. The molecule has 1 amide bonds. The van der Waals surface area contributed by atoms with Gasteiger partial charge in [0.1, 0.15) is 5.82 Å². The van der Waals surface area contributed by atoms with Crippen LogP contribution in [0, 0.1) is 11.7 Å². The van der Waals surface area contributed by atoms with Crippen LogP contribution in [0.3, 0.4) is 0 Å². The van der Waals surface area contributed by atoms with Crippen LogP contribution in [0.25, 0.3) is 0 Å². The Kier molecular flexibility index (Phi) is 4.35. The maximum atomic E-state index is 12.9. The summed E-state index contributed by atoms with van der Waals surface area (Å²) in [4.78, 5) is 13.9. The Balaban J connectivity index is 1.97. The Labute approximate surface area is 113 Å². The Hall–Kier alpha value is -1.64. The van der Waals surface area contributed by atoms with Gasteiger partial charge >= 0.3 is 0 Å². The molecule has 2 atom stereocenters. The number of amides is 1. The molecule has 2 nitrogen and oxygen atoms in total. The van der Waals surface area contributed by atoms with E-state index in [1.165, 1.54) is 12.1 Å². The van der Waals surface area contributed by atoms with Crippen molar-refractivity contribution in [1.82, 2.24) is 4.90 Å². The molecule has 0 bridgehead atoms. The highest BCUT2D eigenvalue weighted by molar-refractivity contribution is 5.77. The minimum Gasteiger partial charge on any atom is -0.339 e. The van der Waals surface area contributed by atoms with Crippen LogP contribution in [0.1, 0.15) is 37.8 Å².